The number of hydrogen-bond acceptors (Lipinski definition) is 10. The number of ketones is 1. The maximum absolute atomic E-state index is 13.2. The highest BCUT2D eigenvalue weighted by Gasteiger charge is 2.46. The maximum atomic E-state index is 13.2. The Labute approximate surface area is 170 Å². The Kier molecular flexibility index (Phi) is 5.26. The zero-order chi connectivity index (χ0) is 21.6. The summed E-state index contributed by atoms with van der Waals surface area (Å²) in [6.45, 7) is -0.329. The lowest BCUT2D eigenvalue weighted by Gasteiger charge is -2.39. The quantitative estimate of drug-likeness (QED) is 0.396. The lowest BCUT2D eigenvalue weighted by atomic mass is 9.92. The van der Waals surface area contributed by atoms with Crippen LogP contribution in [0.4, 0.5) is 0 Å². The third-order valence-electron chi connectivity index (χ3n) is 5.06. The number of Topliss-reactive ketones (excluding diaryl/α,β-unsaturated/α-hetero) is 1. The number of phenolic OH excluding ortho intramolecular Hbond substituents is 3. The number of aromatic hydroxyl groups is 3. The number of phenols is 3. The molecule has 0 amide bonds. The Bertz CT molecular complexity index is 943. The van der Waals surface area contributed by atoms with Crippen LogP contribution in [-0.4, -0.2) is 73.7 Å². The van der Waals surface area contributed by atoms with Gasteiger partial charge in [0.1, 0.15) is 46.9 Å². The fourth-order valence-corrected chi connectivity index (χ4v) is 3.49. The fourth-order valence-electron chi connectivity index (χ4n) is 3.49. The van der Waals surface area contributed by atoms with Gasteiger partial charge in [-0.2, -0.15) is 0 Å². The van der Waals surface area contributed by atoms with Gasteiger partial charge in [0, 0.05) is 12.1 Å². The van der Waals surface area contributed by atoms with Gasteiger partial charge in [0.25, 0.3) is 0 Å². The van der Waals surface area contributed by atoms with Gasteiger partial charge >= 0.3 is 0 Å². The third-order valence-corrected chi connectivity index (χ3v) is 5.06. The number of ether oxygens (including phenoxy) is 3. The molecule has 160 valence electrons. The van der Waals surface area contributed by atoms with Crippen LogP contribution < -0.4 is 4.74 Å². The van der Waals surface area contributed by atoms with Crippen molar-refractivity contribution in [3.8, 4) is 23.0 Å². The van der Waals surface area contributed by atoms with Gasteiger partial charge in [-0.25, -0.2) is 0 Å². The van der Waals surface area contributed by atoms with E-state index in [-0.39, 0.29) is 29.4 Å². The minimum atomic E-state index is -1.64. The first-order valence-corrected chi connectivity index (χ1v) is 9.13. The highest BCUT2D eigenvalue weighted by atomic mass is 16.7. The van der Waals surface area contributed by atoms with Crippen LogP contribution in [-0.2, 0) is 9.47 Å². The Morgan fingerprint density at radius 2 is 1.63 bits per heavy atom. The molecule has 2 heterocycles. The molecule has 2 aromatic carbocycles. The third kappa shape index (κ3) is 3.55. The van der Waals surface area contributed by atoms with E-state index in [2.05, 4.69) is 0 Å². The van der Waals surface area contributed by atoms with E-state index >= 15 is 0 Å². The molecule has 0 bridgehead atoms. The number of carbonyl (C=O) groups is 1. The van der Waals surface area contributed by atoms with Gasteiger partial charge in [0.2, 0.25) is 5.78 Å². The van der Waals surface area contributed by atoms with Gasteiger partial charge in [-0.1, -0.05) is 12.1 Å². The molecule has 0 aromatic heterocycles. The summed E-state index contributed by atoms with van der Waals surface area (Å²) in [6, 6.07) is 7.89. The zero-order valence-corrected chi connectivity index (χ0v) is 15.5. The zero-order valence-electron chi connectivity index (χ0n) is 15.5. The summed E-state index contributed by atoms with van der Waals surface area (Å²) in [6.07, 6.45) is -8.48. The summed E-state index contributed by atoms with van der Waals surface area (Å²) in [7, 11) is 0. The molecule has 0 unspecified atom stereocenters. The Morgan fingerprint density at radius 1 is 0.933 bits per heavy atom. The second kappa shape index (κ2) is 7.74. The van der Waals surface area contributed by atoms with Crippen molar-refractivity contribution in [3.05, 3.63) is 47.5 Å². The summed E-state index contributed by atoms with van der Waals surface area (Å²) in [5, 5.41) is 59.1. The van der Waals surface area contributed by atoms with Crippen molar-refractivity contribution in [2.24, 2.45) is 0 Å². The van der Waals surface area contributed by atoms with Crippen LogP contribution in [0.1, 0.15) is 22.0 Å². The van der Waals surface area contributed by atoms with Crippen LogP contribution in [0.5, 0.6) is 23.0 Å². The molecular formula is C20H20O10. The first kappa shape index (κ1) is 20.4. The summed E-state index contributed by atoms with van der Waals surface area (Å²) >= 11 is 0. The van der Waals surface area contributed by atoms with E-state index < -0.39 is 48.3 Å². The first-order valence-electron chi connectivity index (χ1n) is 9.13. The number of hydrogen-bond donors (Lipinski definition) is 6. The highest BCUT2D eigenvalue weighted by Crippen LogP contribution is 2.43. The Hall–Kier alpha value is -2.89. The van der Waals surface area contributed by atoms with Gasteiger partial charge in [0.15, 0.2) is 18.5 Å². The standard InChI is InChI=1S/C20H20O10/c21-9-3-1-8(2-4-9)18-19(30-20-17(27)15(25)12(24)7-28-20)16(26)14-11(23)5-10(22)6-13(14)29-18/h1-6,12,15,17-25,27H,7H2/t12-,15-,17+,18-,19-,20-/m0/s1. The molecule has 1 fully saturated rings. The molecular weight excluding hydrogens is 400 g/mol. The molecule has 4 rings (SSSR count). The molecule has 6 N–H and O–H groups in total. The second-order valence-corrected chi connectivity index (χ2v) is 7.14. The largest absolute Gasteiger partial charge is 0.508 e. The lowest BCUT2D eigenvalue weighted by molar-refractivity contribution is -0.283. The number of fused-ring (bicyclic) bond motifs is 1. The van der Waals surface area contributed by atoms with E-state index in [1.165, 1.54) is 30.3 Å². The van der Waals surface area contributed by atoms with Gasteiger partial charge in [0.05, 0.1) is 6.61 Å². The highest BCUT2D eigenvalue weighted by molar-refractivity contribution is 6.05. The fraction of sp³-hybridized carbons (Fsp3) is 0.350. The summed E-state index contributed by atoms with van der Waals surface area (Å²) < 4.78 is 16.7. The smallest absolute Gasteiger partial charge is 0.203 e. The molecule has 0 aliphatic carbocycles. The number of aliphatic hydroxyl groups excluding tert-OH is 3. The Morgan fingerprint density at radius 3 is 2.33 bits per heavy atom. The van der Waals surface area contributed by atoms with Crippen LogP contribution in [0.3, 0.4) is 0 Å². The van der Waals surface area contributed by atoms with Crippen molar-refractivity contribution in [3.63, 3.8) is 0 Å². The molecule has 10 nitrogen and oxygen atoms in total. The first-order chi connectivity index (χ1) is 14.3. The van der Waals surface area contributed by atoms with Crippen molar-refractivity contribution in [1.82, 2.24) is 0 Å². The monoisotopic (exact) mass is 420 g/mol. The molecule has 2 aliphatic heterocycles. The average molecular weight is 420 g/mol. The van der Waals surface area contributed by atoms with Crippen molar-refractivity contribution in [2.75, 3.05) is 6.61 Å². The van der Waals surface area contributed by atoms with E-state index in [0.717, 1.165) is 6.07 Å². The van der Waals surface area contributed by atoms with Gasteiger partial charge < -0.3 is 44.8 Å². The number of carbonyl (C=O) groups excluding carboxylic acids is 1. The van der Waals surface area contributed by atoms with Gasteiger partial charge in [-0.05, 0) is 17.7 Å². The predicted octanol–water partition coefficient (Wildman–Crippen LogP) is -0.0560. The number of rotatable bonds is 3. The minimum Gasteiger partial charge on any atom is -0.508 e. The average Bonchev–Trinajstić information content (AvgIpc) is 2.70. The SMILES string of the molecule is O=C1c2c(O)cc(O)cc2O[C@@H](c2ccc(O)cc2)[C@H]1O[C@@H]1OC[C@H](O)[C@H](O)[C@H]1O. The lowest BCUT2D eigenvalue weighted by Crippen LogP contribution is -2.56. The van der Waals surface area contributed by atoms with Crippen molar-refractivity contribution in [1.29, 1.82) is 0 Å². The van der Waals surface area contributed by atoms with Crippen LogP contribution >= 0.6 is 0 Å². The summed E-state index contributed by atoms with van der Waals surface area (Å²) in [4.78, 5) is 13.2. The van der Waals surface area contributed by atoms with Crippen LogP contribution in [0, 0.1) is 0 Å². The van der Waals surface area contributed by atoms with Crippen molar-refractivity contribution in [2.45, 2.75) is 36.8 Å². The molecule has 2 aliphatic rings. The van der Waals surface area contributed by atoms with Crippen LogP contribution in [0.15, 0.2) is 36.4 Å². The molecule has 1 saturated heterocycles. The molecule has 0 radical (unpaired) electrons. The van der Waals surface area contributed by atoms with Crippen molar-refractivity contribution >= 4 is 5.78 Å². The van der Waals surface area contributed by atoms with E-state index in [1.807, 2.05) is 0 Å². The molecule has 30 heavy (non-hydrogen) atoms. The Balaban J connectivity index is 1.72. The van der Waals surface area contributed by atoms with Crippen LogP contribution in [0.2, 0.25) is 0 Å². The van der Waals surface area contributed by atoms with E-state index in [9.17, 15) is 35.4 Å². The summed E-state index contributed by atoms with van der Waals surface area (Å²) in [5.41, 5.74) is 0.198. The van der Waals surface area contributed by atoms with E-state index in [1.54, 1.807) is 0 Å². The minimum absolute atomic E-state index is 0.0165. The van der Waals surface area contributed by atoms with Crippen molar-refractivity contribution < 1.29 is 49.6 Å². The van der Waals surface area contributed by atoms with E-state index in [4.69, 9.17) is 14.2 Å². The summed E-state index contributed by atoms with van der Waals surface area (Å²) in [5.74, 6) is -1.63. The van der Waals surface area contributed by atoms with Gasteiger partial charge in [-0.15, -0.1) is 0 Å². The maximum Gasteiger partial charge on any atom is 0.203 e. The molecule has 0 saturated carbocycles. The second-order valence-electron chi connectivity index (χ2n) is 7.14. The molecule has 6 atom stereocenters. The molecule has 10 heteroatoms. The van der Waals surface area contributed by atoms with Gasteiger partial charge in [-0.3, -0.25) is 4.79 Å². The number of aliphatic hydroxyl groups is 3. The molecule has 2 aromatic rings. The predicted molar refractivity (Wildman–Crippen MR) is 98.2 cm³/mol. The van der Waals surface area contributed by atoms with E-state index in [0.29, 0.717) is 5.56 Å². The molecule has 0 spiro atoms. The van der Waals surface area contributed by atoms with Crippen LogP contribution in [0.25, 0.3) is 0 Å². The topological polar surface area (TPSA) is 166 Å². The normalized spacial score (nSPS) is 31.1. The number of benzene rings is 2.